The number of methoxy groups -OCH3 is 2. The number of hydrogen-bond donors (Lipinski definition) is 1. The number of aromatic nitrogens is 2. The molecule has 1 aliphatic rings. The van der Waals surface area contributed by atoms with Crippen molar-refractivity contribution in [2.75, 3.05) is 14.2 Å². The second kappa shape index (κ2) is 13.1. The van der Waals surface area contributed by atoms with Crippen molar-refractivity contribution in [2.45, 2.75) is 77.7 Å². The first-order valence-corrected chi connectivity index (χ1v) is 13.8. The number of nitrogens with zero attached hydrogens (tertiary/aromatic N) is 2. The maximum Gasteiger partial charge on any atom is 0.336 e. The number of carboxylic acid groups (broad SMARTS) is 1. The van der Waals surface area contributed by atoms with Crippen molar-refractivity contribution in [1.82, 2.24) is 9.13 Å². The van der Waals surface area contributed by atoms with Gasteiger partial charge in [0.2, 0.25) is 0 Å². The van der Waals surface area contributed by atoms with Crippen LogP contribution >= 0.6 is 0 Å². The minimum absolute atomic E-state index is 0.0290. The molecule has 1 saturated carbocycles. The average Bonchev–Trinajstić information content (AvgIpc) is 3.19. The minimum atomic E-state index is -0.951. The van der Waals surface area contributed by atoms with E-state index in [1.54, 1.807) is 26.4 Å². The molecule has 2 aromatic carbocycles. The fourth-order valence-corrected chi connectivity index (χ4v) is 5.80. The SMILES string of the molecule is CCCc1c(C(OC)OC)n(CCC2CCCCC2)c(=O)n1Cc1ccc(-c2ccccc2C(=O)O)cc1. The van der Waals surface area contributed by atoms with Crippen LogP contribution in [0, 0.1) is 5.92 Å². The van der Waals surface area contributed by atoms with Gasteiger partial charge in [-0.3, -0.25) is 9.13 Å². The molecule has 4 rings (SSSR count). The zero-order valence-electron chi connectivity index (χ0n) is 22.8. The molecule has 1 aliphatic carbocycles. The summed E-state index contributed by atoms with van der Waals surface area (Å²) in [5, 5.41) is 9.57. The zero-order chi connectivity index (χ0) is 27.1. The molecule has 0 saturated heterocycles. The van der Waals surface area contributed by atoms with E-state index >= 15 is 0 Å². The quantitative estimate of drug-likeness (QED) is 0.284. The van der Waals surface area contributed by atoms with Crippen LogP contribution in [0.25, 0.3) is 11.1 Å². The lowest BCUT2D eigenvalue weighted by Gasteiger charge is -2.23. The molecule has 7 heteroatoms. The van der Waals surface area contributed by atoms with E-state index in [4.69, 9.17) is 9.47 Å². The Hall–Kier alpha value is -3.16. The van der Waals surface area contributed by atoms with Gasteiger partial charge in [-0.1, -0.05) is 87.9 Å². The highest BCUT2D eigenvalue weighted by Gasteiger charge is 2.27. The van der Waals surface area contributed by atoms with Crippen molar-refractivity contribution in [3.05, 3.63) is 81.5 Å². The van der Waals surface area contributed by atoms with E-state index in [1.165, 1.54) is 32.1 Å². The Morgan fingerprint density at radius 3 is 2.32 bits per heavy atom. The molecule has 1 aromatic heterocycles. The predicted octanol–water partition coefficient (Wildman–Crippen LogP) is 6.28. The van der Waals surface area contributed by atoms with Gasteiger partial charge in [-0.25, -0.2) is 9.59 Å². The Bertz CT molecular complexity index is 1260. The second-order valence-corrected chi connectivity index (χ2v) is 10.2. The van der Waals surface area contributed by atoms with Crippen molar-refractivity contribution in [3.63, 3.8) is 0 Å². The summed E-state index contributed by atoms with van der Waals surface area (Å²) in [5.74, 6) is -0.292. The Morgan fingerprint density at radius 2 is 1.68 bits per heavy atom. The van der Waals surface area contributed by atoms with Crippen LogP contribution in [0.1, 0.15) is 85.5 Å². The third-order valence-corrected chi connectivity index (χ3v) is 7.76. The van der Waals surface area contributed by atoms with Gasteiger partial charge < -0.3 is 14.6 Å². The summed E-state index contributed by atoms with van der Waals surface area (Å²) in [6.45, 7) is 3.20. The standard InChI is InChI=1S/C31H40N2O5/c1-4-10-27-28(30(37-2)38-3)32(20-19-22-11-6-5-7-12-22)31(36)33(27)21-23-15-17-24(18-16-23)25-13-8-9-14-26(25)29(34)35/h8-9,13-18,22,30H,4-7,10-12,19-21H2,1-3H3,(H,34,35). The highest BCUT2D eigenvalue weighted by atomic mass is 16.7. The first-order valence-electron chi connectivity index (χ1n) is 13.8. The van der Waals surface area contributed by atoms with Gasteiger partial charge in [0.05, 0.1) is 17.8 Å². The number of carboxylic acids is 1. The molecule has 0 radical (unpaired) electrons. The van der Waals surface area contributed by atoms with Gasteiger partial charge in [0.1, 0.15) is 0 Å². The van der Waals surface area contributed by atoms with Crippen LogP contribution < -0.4 is 5.69 Å². The number of ether oxygens (including phenoxy) is 2. The molecule has 0 unspecified atom stereocenters. The number of benzene rings is 2. The Balaban J connectivity index is 1.67. The summed E-state index contributed by atoms with van der Waals surface area (Å²) in [5.41, 5.74) is 4.50. The monoisotopic (exact) mass is 520 g/mol. The predicted molar refractivity (Wildman–Crippen MR) is 149 cm³/mol. The molecule has 0 aliphatic heterocycles. The van der Waals surface area contributed by atoms with Crippen molar-refractivity contribution in [2.24, 2.45) is 5.92 Å². The highest BCUT2D eigenvalue weighted by molar-refractivity contribution is 5.95. The van der Waals surface area contributed by atoms with E-state index in [9.17, 15) is 14.7 Å². The minimum Gasteiger partial charge on any atom is -0.478 e. The van der Waals surface area contributed by atoms with Crippen molar-refractivity contribution in [1.29, 1.82) is 0 Å². The summed E-state index contributed by atoms with van der Waals surface area (Å²) < 4.78 is 15.1. The van der Waals surface area contributed by atoms with Gasteiger partial charge in [0.15, 0.2) is 6.29 Å². The molecule has 1 N–H and O–H groups in total. The molecular formula is C31H40N2O5. The molecule has 3 aromatic rings. The molecule has 0 spiro atoms. The lowest BCUT2D eigenvalue weighted by Crippen LogP contribution is -2.27. The summed E-state index contributed by atoms with van der Waals surface area (Å²) in [6.07, 6.45) is 8.37. The van der Waals surface area contributed by atoms with Crippen molar-refractivity contribution < 1.29 is 19.4 Å². The van der Waals surface area contributed by atoms with Crippen LogP contribution in [0.2, 0.25) is 0 Å². The van der Waals surface area contributed by atoms with E-state index in [2.05, 4.69) is 6.92 Å². The van der Waals surface area contributed by atoms with Crippen LogP contribution in [0.3, 0.4) is 0 Å². The smallest absolute Gasteiger partial charge is 0.336 e. The number of imidazole rings is 1. The van der Waals surface area contributed by atoms with Gasteiger partial charge >= 0.3 is 11.7 Å². The van der Waals surface area contributed by atoms with Gasteiger partial charge in [-0.15, -0.1) is 0 Å². The first kappa shape index (κ1) is 27.9. The molecule has 0 bridgehead atoms. The number of carbonyl (C=O) groups is 1. The van der Waals surface area contributed by atoms with Crippen LogP contribution in [0.4, 0.5) is 0 Å². The average molecular weight is 521 g/mol. The molecule has 38 heavy (non-hydrogen) atoms. The third-order valence-electron chi connectivity index (χ3n) is 7.76. The Labute approximate surface area is 225 Å². The number of hydrogen-bond acceptors (Lipinski definition) is 4. The summed E-state index contributed by atoms with van der Waals surface area (Å²) in [7, 11) is 3.23. The maximum absolute atomic E-state index is 13.9. The molecule has 204 valence electrons. The van der Waals surface area contributed by atoms with Gasteiger partial charge in [0.25, 0.3) is 0 Å². The Kier molecular flexibility index (Phi) is 9.58. The van der Waals surface area contributed by atoms with Crippen molar-refractivity contribution >= 4 is 5.97 Å². The maximum atomic E-state index is 13.9. The highest BCUT2D eigenvalue weighted by Crippen LogP contribution is 2.29. The largest absolute Gasteiger partial charge is 0.478 e. The van der Waals surface area contributed by atoms with E-state index in [0.29, 0.717) is 24.6 Å². The van der Waals surface area contributed by atoms with Crippen LogP contribution in [-0.4, -0.2) is 34.4 Å². The number of aromatic carboxylic acids is 1. The van der Waals surface area contributed by atoms with E-state index in [1.807, 2.05) is 45.5 Å². The topological polar surface area (TPSA) is 82.7 Å². The van der Waals surface area contributed by atoms with E-state index in [-0.39, 0.29) is 11.3 Å². The molecule has 1 fully saturated rings. The second-order valence-electron chi connectivity index (χ2n) is 10.2. The van der Waals surface area contributed by atoms with Gasteiger partial charge in [-0.2, -0.15) is 0 Å². The summed E-state index contributed by atoms with van der Waals surface area (Å²) >= 11 is 0. The fraction of sp³-hybridized carbons (Fsp3) is 0.484. The Morgan fingerprint density at radius 1 is 1.00 bits per heavy atom. The fourth-order valence-electron chi connectivity index (χ4n) is 5.80. The summed E-state index contributed by atoms with van der Waals surface area (Å²) in [4.78, 5) is 25.5. The molecule has 0 amide bonds. The molecule has 7 nitrogen and oxygen atoms in total. The normalized spacial score (nSPS) is 14.3. The molecular weight excluding hydrogens is 480 g/mol. The number of rotatable bonds is 12. The van der Waals surface area contributed by atoms with Crippen LogP contribution in [0.15, 0.2) is 53.3 Å². The van der Waals surface area contributed by atoms with Crippen LogP contribution in [-0.2, 0) is 29.0 Å². The first-order chi connectivity index (χ1) is 18.5. The van der Waals surface area contributed by atoms with E-state index in [0.717, 1.165) is 41.8 Å². The third kappa shape index (κ3) is 6.11. The lowest BCUT2D eigenvalue weighted by atomic mass is 9.87. The summed E-state index contributed by atoms with van der Waals surface area (Å²) in [6, 6.07) is 14.8. The van der Waals surface area contributed by atoms with Crippen molar-refractivity contribution in [3.8, 4) is 11.1 Å². The molecule has 0 atom stereocenters. The lowest BCUT2D eigenvalue weighted by molar-refractivity contribution is -0.111. The van der Waals surface area contributed by atoms with E-state index < -0.39 is 12.3 Å². The van der Waals surface area contributed by atoms with Gasteiger partial charge in [-0.05, 0) is 41.5 Å². The zero-order valence-corrected chi connectivity index (χ0v) is 22.8. The van der Waals surface area contributed by atoms with Gasteiger partial charge in [0, 0.05) is 26.5 Å². The van der Waals surface area contributed by atoms with Crippen LogP contribution in [0.5, 0.6) is 0 Å². The molecule has 1 heterocycles.